The van der Waals surface area contributed by atoms with Gasteiger partial charge in [0, 0.05) is 35.8 Å². The van der Waals surface area contributed by atoms with E-state index < -0.39 is 5.60 Å². The van der Waals surface area contributed by atoms with Crippen LogP contribution in [0, 0.1) is 23.7 Å². The average molecular weight is 556 g/mol. The summed E-state index contributed by atoms with van der Waals surface area (Å²) in [6, 6.07) is 27.8. The molecule has 0 saturated heterocycles. The van der Waals surface area contributed by atoms with Crippen LogP contribution in [0.3, 0.4) is 0 Å². The highest BCUT2D eigenvalue weighted by atomic mass is 35.5. The van der Waals surface area contributed by atoms with Gasteiger partial charge in [0.1, 0.15) is 0 Å². The quantitative estimate of drug-likeness (QED) is 0.235. The van der Waals surface area contributed by atoms with Gasteiger partial charge in [0.15, 0.2) is 0 Å². The minimum atomic E-state index is -0.808. The van der Waals surface area contributed by atoms with Crippen molar-refractivity contribution in [3.05, 3.63) is 94.5 Å². The second kappa shape index (κ2) is 8.57. The van der Waals surface area contributed by atoms with Crippen molar-refractivity contribution < 1.29 is 5.11 Å². The highest BCUT2D eigenvalue weighted by Crippen LogP contribution is 2.63. The third-order valence-electron chi connectivity index (χ3n) is 9.77. The predicted octanol–water partition coefficient (Wildman–Crippen LogP) is 10.3. The zero-order valence-electron chi connectivity index (χ0n) is 21.0. The third kappa shape index (κ3) is 3.47. The maximum atomic E-state index is 12.6. The Balaban J connectivity index is 1.32. The van der Waals surface area contributed by atoms with Gasteiger partial charge in [-0.3, -0.25) is 0 Å². The van der Waals surface area contributed by atoms with Gasteiger partial charge >= 0.3 is 0 Å². The second-order valence-corrected chi connectivity index (χ2v) is 13.8. The summed E-state index contributed by atoms with van der Waals surface area (Å²) in [7, 11) is 0. The Labute approximate surface area is 237 Å². The summed E-state index contributed by atoms with van der Waals surface area (Å²) < 4.78 is 2.61. The maximum Gasteiger partial charge on any atom is 0.0958 e. The number of aliphatic hydroxyl groups is 1. The molecule has 4 aliphatic rings. The first-order chi connectivity index (χ1) is 18.5. The van der Waals surface area contributed by atoms with Gasteiger partial charge in [-0.05, 0) is 114 Å². The van der Waals surface area contributed by atoms with Crippen molar-refractivity contribution in [2.45, 2.75) is 37.7 Å². The molecule has 0 atom stereocenters. The first-order valence-electron chi connectivity index (χ1n) is 13.7. The van der Waals surface area contributed by atoms with E-state index in [2.05, 4.69) is 60.7 Å². The van der Waals surface area contributed by atoms with E-state index >= 15 is 0 Å². The summed E-state index contributed by atoms with van der Waals surface area (Å²) >= 11 is 15.0. The fourth-order valence-corrected chi connectivity index (χ4v) is 9.85. The topological polar surface area (TPSA) is 20.2 Å². The van der Waals surface area contributed by atoms with Crippen LogP contribution in [0.4, 0.5) is 0 Å². The fraction of sp³-hybridized carbons (Fsp3) is 0.294. The fourth-order valence-electron chi connectivity index (χ4n) is 8.25. The number of halogens is 2. The third-order valence-corrected chi connectivity index (χ3v) is 11.5. The lowest BCUT2D eigenvalue weighted by molar-refractivity contribution is -0.179. The van der Waals surface area contributed by atoms with Crippen LogP contribution >= 0.6 is 34.5 Å². The van der Waals surface area contributed by atoms with Crippen molar-refractivity contribution in [1.29, 1.82) is 0 Å². The van der Waals surface area contributed by atoms with E-state index in [1.165, 1.54) is 32.2 Å². The zero-order valence-corrected chi connectivity index (χ0v) is 23.3. The number of rotatable bonds is 3. The van der Waals surface area contributed by atoms with Crippen LogP contribution in [0.1, 0.15) is 37.7 Å². The van der Waals surface area contributed by atoms with E-state index in [-0.39, 0.29) is 0 Å². The molecule has 190 valence electrons. The lowest BCUT2D eigenvalue weighted by Crippen LogP contribution is -2.55. The van der Waals surface area contributed by atoms with Gasteiger partial charge < -0.3 is 5.11 Å². The summed E-state index contributed by atoms with van der Waals surface area (Å²) in [5.41, 5.74) is 4.53. The number of thiophene rings is 1. The molecule has 0 aliphatic heterocycles. The van der Waals surface area contributed by atoms with E-state index in [0.717, 1.165) is 59.8 Å². The van der Waals surface area contributed by atoms with Gasteiger partial charge in [-0.1, -0.05) is 65.7 Å². The Morgan fingerprint density at radius 2 is 1.34 bits per heavy atom. The molecule has 1 N–H and O–H groups in total. The molecule has 0 unspecified atom stereocenters. The van der Waals surface area contributed by atoms with Crippen molar-refractivity contribution in [2.24, 2.45) is 23.7 Å². The van der Waals surface area contributed by atoms with E-state index in [1.807, 2.05) is 29.5 Å². The number of benzene rings is 4. The molecule has 4 fully saturated rings. The first kappa shape index (κ1) is 23.5. The molecule has 4 bridgehead atoms. The van der Waals surface area contributed by atoms with Crippen LogP contribution in [-0.2, 0) is 5.60 Å². The molecule has 1 heterocycles. The molecule has 0 radical (unpaired) electrons. The largest absolute Gasteiger partial charge is 0.385 e. The minimum Gasteiger partial charge on any atom is -0.385 e. The molecule has 1 nitrogen and oxygen atoms in total. The number of hydrogen-bond acceptors (Lipinski definition) is 2. The van der Waals surface area contributed by atoms with Crippen molar-refractivity contribution in [3.8, 4) is 22.3 Å². The Kier molecular flexibility index (Phi) is 5.30. The van der Waals surface area contributed by atoms with Crippen molar-refractivity contribution in [3.63, 3.8) is 0 Å². The summed E-state index contributed by atoms with van der Waals surface area (Å²) in [6.45, 7) is 0. The first-order valence-corrected chi connectivity index (χ1v) is 15.3. The van der Waals surface area contributed by atoms with Gasteiger partial charge in [0.05, 0.1) is 5.60 Å². The smallest absolute Gasteiger partial charge is 0.0958 e. The maximum absolute atomic E-state index is 12.6. The zero-order chi connectivity index (χ0) is 25.6. The van der Waals surface area contributed by atoms with Gasteiger partial charge in [-0.15, -0.1) is 11.3 Å². The molecule has 38 heavy (non-hydrogen) atoms. The monoisotopic (exact) mass is 554 g/mol. The van der Waals surface area contributed by atoms with Crippen LogP contribution in [0.25, 0.3) is 42.4 Å². The standard InChI is InChI=1S/C34H28Cl2OS/c35-25-7-8-26(31(36)18-25)28-16-21(22-6-10-33-29(17-22)27-3-1-2-4-32(27)38-33)5-9-30(28)34(37)23-12-19-11-20(14-23)15-24(34)13-19/h1-10,16-20,23-24,37H,11-15H2. The normalized spacial score (nSPS) is 28.0. The van der Waals surface area contributed by atoms with Crippen LogP contribution in [-0.4, -0.2) is 5.11 Å². The summed E-state index contributed by atoms with van der Waals surface area (Å²) in [4.78, 5) is 0. The van der Waals surface area contributed by atoms with Gasteiger partial charge in [0.25, 0.3) is 0 Å². The Bertz CT molecular complexity index is 1710. The van der Waals surface area contributed by atoms with Gasteiger partial charge in [0.2, 0.25) is 0 Å². The Morgan fingerprint density at radius 1 is 0.658 bits per heavy atom. The highest BCUT2D eigenvalue weighted by Gasteiger charge is 2.57. The van der Waals surface area contributed by atoms with Crippen molar-refractivity contribution in [1.82, 2.24) is 0 Å². The van der Waals surface area contributed by atoms with Crippen LogP contribution in [0.2, 0.25) is 10.0 Å². The van der Waals surface area contributed by atoms with Crippen molar-refractivity contribution in [2.75, 3.05) is 0 Å². The lowest BCUT2D eigenvalue weighted by atomic mass is 9.48. The second-order valence-electron chi connectivity index (χ2n) is 11.8. The van der Waals surface area contributed by atoms with Crippen LogP contribution < -0.4 is 0 Å². The van der Waals surface area contributed by atoms with Gasteiger partial charge in [-0.2, -0.15) is 0 Å². The van der Waals surface area contributed by atoms with Crippen LogP contribution in [0.5, 0.6) is 0 Å². The number of hydrogen-bond donors (Lipinski definition) is 1. The predicted molar refractivity (Wildman–Crippen MR) is 161 cm³/mol. The molecular weight excluding hydrogens is 527 g/mol. The molecule has 4 heteroatoms. The van der Waals surface area contributed by atoms with E-state index in [0.29, 0.717) is 21.9 Å². The molecule has 0 amide bonds. The molecule has 0 spiro atoms. The Hall–Kier alpha value is -2.36. The molecule has 5 aromatic rings. The summed E-state index contributed by atoms with van der Waals surface area (Å²) in [5.74, 6) is 2.21. The van der Waals surface area contributed by atoms with E-state index in [9.17, 15) is 5.11 Å². The van der Waals surface area contributed by atoms with E-state index in [4.69, 9.17) is 23.2 Å². The molecule has 4 saturated carbocycles. The summed E-state index contributed by atoms with van der Waals surface area (Å²) in [6.07, 6.45) is 5.92. The lowest BCUT2D eigenvalue weighted by Gasteiger charge is -2.59. The average Bonchev–Trinajstić information content (AvgIpc) is 3.29. The highest BCUT2D eigenvalue weighted by molar-refractivity contribution is 7.25. The SMILES string of the molecule is OC1(c2ccc(-c3ccc4sc5ccccc5c4c3)cc2-c2ccc(Cl)cc2Cl)C2CC3CC(C2)CC1C3. The Morgan fingerprint density at radius 3 is 2.11 bits per heavy atom. The number of fused-ring (bicyclic) bond motifs is 3. The molecule has 4 aliphatic carbocycles. The molecule has 1 aromatic heterocycles. The minimum absolute atomic E-state index is 0.322. The van der Waals surface area contributed by atoms with Crippen molar-refractivity contribution >= 4 is 54.7 Å². The molecule has 4 aromatic carbocycles. The molecular formula is C34H28Cl2OS. The van der Waals surface area contributed by atoms with Crippen LogP contribution in [0.15, 0.2) is 78.9 Å². The van der Waals surface area contributed by atoms with Gasteiger partial charge in [-0.25, -0.2) is 0 Å². The van der Waals surface area contributed by atoms with E-state index in [1.54, 1.807) is 0 Å². The summed E-state index contributed by atoms with van der Waals surface area (Å²) in [5, 5.41) is 16.4. The molecule has 9 rings (SSSR count).